The van der Waals surface area contributed by atoms with Crippen LogP contribution in [-0.2, 0) is 6.42 Å². The largest absolute Gasteiger partial charge is 0.478 e. The van der Waals surface area contributed by atoms with Crippen LogP contribution < -0.4 is 0 Å². The number of nitrogens with one attached hydrogen (secondary N) is 1. The van der Waals surface area contributed by atoms with E-state index in [4.69, 9.17) is 0 Å². The molecule has 1 aliphatic carbocycles. The van der Waals surface area contributed by atoms with Gasteiger partial charge in [-0.3, -0.25) is 19.4 Å². The molecule has 9 nitrogen and oxygen atoms in total. The van der Waals surface area contributed by atoms with Crippen LogP contribution >= 0.6 is 0 Å². The van der Waals surface area contributed by atoms with E-state index in [0.29, 0.717) is 25.1 Å². The van der Waals surface area contributed by atoms with Gasteiger partial charge in [-0.05, 0) is 73.9 Å². The number of amides is 1. The number of benzene rings is 2. The third-order valence-electron chi connectivity index (χ3n) is 8.09. The zero-order chi connectivity index (χ0) is 26.6. The third kappa shape index (κ3) is 3.98. The lowest BCUT2D eigenvalue weighted by Gasteiger charge is -2.43. The molecule has 6 rings (SSSR count). The number of ketones is 1. The van der Waals surface area contributed by atoms with E-state index in [9.17, 15) is 19.5 Å². The minimum absolute atomic E-state index is 0.0600. The molecule has 2 aromatic carbocycles. The van der Waals surface area contributed by atoms with E-state index in [1.165, 1.54) is 0 Å². The number of carbonyl (C=O) groups excluding carboxylic acids is 2. The Kier molecular flexibility index (Phi) is 5.66. The van der Waals surface area contributed by atoms with Crippen molar-refractivity contribution in [1.82, 2.24) is 24.9 Å². The second-order valence-electron chi connectivity index (χ2n) is 10.9. The predicted octanol–water partition coefficient (Wildman–Crippen LogP) is 4.76. The van der Waals surface area contributed by atoms with Gasteiger partial charge in [-0.2, -0.15) is 10.2 Å². The molecule has 0 unspecified atom stereocenters. The lowest BCUT2D eigenvalue weighted by molar-refractivity contribution is 0.0516. The van der Waals surface area contributed by atoms with Crippen molar-refractivity contribution < 1.29 is 19.5 Å². The normalized spacial score (nSPS) is 16.8. The first-order valence-corrected chi connectivity index (χ1v) is 12.9. The second-order valence-corrected chi connectivity index (χ2v) is 10.9. The molecule has 2 aromatic heterocycles. The Labute approximate surface area is 219 Å². The summed E-state index contributed by atoms with van der Waals surface area (Å²) in [5.41, 5.74) is 4.78. The molecule has 2 aliphatic rings. The van der Waals surface area contributed by atoms with E-state index in [2.05, 4.69) is 15.3 Å². The summed E-state index contributed by atoms with van der Waals surface area (Å²) in [6.45, 7) is 5.24. The second kappa shape index (κ2) is 8.93. The molecule has 0 bridgehead atoms. The zero-order valence-corrected chi connectivity index (χ0v) is 21.4. The molecule has 0 radical (unpaired) electrons. The smallest absolute Gasteiger partial charge is 0.335 e. The number of piperidine rings is 1. The van der Waals surface area contributed by atoms with Gasteiger partial charge in [-0.15, -0.1) is 0 Å². The van der Waals surface area contributed by atoms with Crippen molar-refractivity contribution in [3.05, 3.63) is 71.2 Å². The summed E-state index contributed by atoms with van der Waals surface area (Å²) in [5, 5.41) is 21.7. The molecule has 38 heavy (non-hydrogen) atoms. The molecule has 1 amide bonds. The number of carboxylic acids is 1. The summed E-state index contributed by atoms with van der Waals surface area (Å²) >= 11 is 0. The number of fused-ring (bicyclic) bond motifs is 2. The SMILES string of the molecule is CC(C)n1ncc2c1C(=O)CC1(CCN(C(=O)c3cc(-c4ccc(C(=O)O)cc4)c4cn[nH]c4c3)CC1)C2. The van der Waals surface area contributed by atoms with Crippen LogP contribution in [0, 0.1) is 5.41 Å². The van der Waals surface area contributed by atoms with Gasteiger partial charge in [0.05, 0.1) is 23.5 Å². The zero-order valence-electron chi connectivity index (χ0n) is 21.4. The van der Waals surface area contributed by atoms with Gasteiger partial charge in [-0.1, -0.05) is 12.1 Å². The monoisotopic (exact) mass is 511 g/mol. The first-order chi connectivity index (χ1) is 18.2. The molecule has 3 heterocycles. The molecule has 1 saturated heterocycles. The fourth-order valence-electron chi connectivity index (χ4n) is 6.04. The number of aromatic carboxylic acids is 1. The number of carboxylic acid groups (broad SMARTS) is 1. The van der Waals surface area contributed by atoms with Gasteiger partial charge >= 0.3 is 5.97 Å². The number of H-pyrrole nitrogens is 1. The molecule has 1 spiro atoms. The standard InChI is InChI=1S/C29H29N5O4/c1-17(2)34-26-21(15-31-34)13-29(14-25(26)35)7-9-33(10-8-29)27(36)20-11-22(23-16-30-32-24(23)12-20)18-3-5-19(6-4-18)28(37)38/h3-6,11-12,15-17H,7-10,13-14H2,1-2H3,(H,30,32)(H,37,38). The molecule has 0 atom stereocenters. The third-order valence-corrected chi connectivity index (χ3v) is 8.09. The number of carbonyl (C=O) groups is 3. The maximum absolute atomic E-state index is 13.6. The number of Topliss-reactive ketones (excluding diaryl/α,β-unsaturated/α-hetero) is 1. The maximum atomic E-state index is 13.6. The highest BCUT2D eigenvalue weighted by Gasteiger charge is 2.43. The van der Waals surface area contributed by atoms with Gasteiger partial charge in [0.25, 0.3) is 5.91 Å². The molecular weight excluding hydrogens is 482 g/mol. The van der Waals surface area contributed by atoms with Crippen LogP contribution in [0.5, 0.6) is 0 Å². The predicted molar refractivity (Wildman–Crippen MR) is 141 cm³/mol. The fourth-order valence-corrected chi connectivity index (χ4v) is 6.04. The highest BCUT2D eigenvalue weighted by atomic mass is 16.4. The Balaban J connectivity index is 1.23. The van der Waals surface area contributed by atoms with Crippen molar-refractivity contribution in [2.45, 2.75) is 45.6 Å². The number of hydrogen-bond donors (Lipinski definition) is 2. The highest BCUT2D eigenvalue weighted by molar-refractivity contribution is 6.04. The van der Waals surface area contributed by atoms with Gasteiger partial charge < -0.3 is 10.0 Å². The summed E-state index contributed by atoms with van der Waals surface area (Å²) in [6.07, 6.45) is 6.41. The molecule has 0 saturated carbocycles. The summed E-state index contributed by atoms with van der Waals surface area (Å²) in [5.74, 6) is -0.892. The van der Waals surface area contributed by atoms with E-state index < -0.39 is 5.97 Å². The first kappa shape index (κ1) is 24.1. The Morgan fingerprint density at radius 1 is 1.03 bits per heavy atom. The summed E-state index contributed by atoms with van der Waals surface area (Å²) in [6, 6.07) is 10.4. The summed E-state index contributed by atoms with van der Waals surface area (Å²) < 4.78 is 1.83. The molecule has 4 aromatic rings. The van der Waals surface area contributed by atoms with Gasteiger partial charge in [0.2, 0.25) is 0 Å². The van der Waals surface area contributed by atoms with Crippen LogP contribution in [0.15, 0.2) is 48.8 Å². The van der Waals surface area contributed by atoms with Gasteiger partial charge in [-0.25, -0.2) is 4.79 Å². The van der Waals surface area contributed by atoms with Gasteiger partial charge in [0.15, 0.2) is 5.78 Å². The Morgan fingerprint density at radius 2 is 1.76 bits per heavy atom. The van der Waals surface area contributed by atoms with Crippen molar-refractivity contribution in [2.75, 3.05) is 13.1 Å². The van der Waals surface area contributed by atoms with E-state index in [0.717, 1.165) is 52.5 Å². The van der Waals surface area contributed by atoms with Crippen LogP contribution in [-0.4, -0.2) is 60.7 Å². The van der Waals surface area contributed by atoms with Crippen molar-refractivity contribution >= 4 is 28.6 Å². The van der Waals surface area contributed by atoms with Crippen LogP contribution in [0.4, 0.5) is 0 Å². The van der Waals surface area contributed by atoms with E-state index in [1.54, 1.807) is 30.5 Å². The van der Waals surface area contributed by atoms with Crippen LogP contribution in [0.25, 0.3) is 22.0 Å². The van der Waals surface area contributed by atoms with Crippen molar-refractivity contribution in [1.29, 1.82) is 0 Å². The number of likely N-dealkylation sites (tertiary alicyclic amines) is 1. The first-order valence-electron chi connectivity index (χ1n) is 12.9. The molecule has 9 heteroatoms. The minimum Gasteiger partial charge on any atom is -0.478 e. The molecule has 1 fully saturated rings. The quantitative estimate of drug-likeness (QED) is 0.408. The maximum Gasteiger partial charge on any atom is 0.335 e. The van der Waals surface area contributed by atoms with Crippen LogP contribution in [0.2, 0.25) is 0 Å². The van der Waals surface area contributed by atoms with Crippen LogP contribution in [0.3, 0.4) is 0 Å². The van der Waals surface area contributed by atoms with Gasteiger partial charge in [0.1, 0.15) is 5.69 Å². The minimum atomic E-state index is -0.985. The number of hydrogen-bond acceptors (Lipinski definition) is 5. The number of nitrogens with zero attached hydrogens (tertiary/aromatic N) is 4. The Bertz CT molecular complexity index is 1570. The average molecular weight is 512 g/mol. The molecule has 1 aliphatic heterocycles. The van der Waals surface area contributed by atoms with Crippen molar-refractivity contribution in [3.63, 3.8) is 0 Å². The molecule has 194 valence electrons. The van der Waals surface area contributed by atoms with Crippen LogP contribution in [0.1, 0.15) is 75.9 Å². The number of aromatic amines is 1. The fraction of sp³-hybridized carbons (Fsp3) is 0.345. The summed E-state index contributed by atoms with van der Waals surface area (Å²) in [7, 11) is 0. The topological polar surface area (TPSA) is 121 Å². The van der Waals surface area contributed by atoms with E-state index in [-0.39, 0.29) is 28.7 Å². The van der Waals surface area contributed by atoms with E-state index >= 15 is 0 Å². The Morgan fingerprint density at radius 3 is 2.45 bits per heavy atom. The van der Waals surface area contributed by atoms with Crippen molar-refractivity contribution in [2.24, 2.45) is 5.41 Å². The number of aromatic nitrogens is 4. The number of rotatable bonds is 4. The van der Waals surface area contributed by atoms with Gasteiger partial charge in [0, 0.05) is 42.1 Å². The highest BCUT2D eigenvalue weighted by Crippen LogP contribution is 2.44. The summed E-state index contributed by atoms with van der Waals surface area (Å²) in [4.78, 5) is 39.9. The molecular formula is C29H29N5O4. The molecule has 2 N–H and O–H groups in total. The average Bonchev–Trinajstić information content (AvgIpc) is 3.55. The van der Waals surface area contributed by atoms with E-state index in [1.807, 2.05) is 41.8 Å². The lowest BCUT2D eigenvalue weighted by Crippen LogP contribution is -2.46. The Hall–Kier alpha value is -4.27. The lowest BCUT2D eigenvalue weighted by atomic mass is 9.67. The van der Waals surface area contributed by atoms with Crippen molar-refractivity contribution in [3.8, 4) is 11.1 Å².